The van der Waals surface area contributed by atoms with Crippen LogP contribution in [0.1, 0.15) is 33.6 Å². The number of rotatable bonds is 4. The molecule has 25 heavy (non-hydrogen) atoms. The highest BCUT2D eigenvalue weighted by atomic mass is 32.2. The first-order chi connectivity index (χ1) is 11.6. The average molecular weight is 365 g/mol. The molecule has 1 saturated carbocycles. The van der Waals surface area contributed by atoms with Gasteiger partial charge >= 0.3 is 5.69 Å². The molecule has 8 nitrogen and oxygen atoms in total. The normalized spacial score (nSPS) is 16.0. The van der Waals surface area contributed by atoms with Crippen LogP contribution in [0.15, 0.2) is 32.7 Å². The number of fused-ring (bicyclic) bond motifs is 1. The Balaban J connectivity index is 2.24. The standard InChI is InChI=1S/C16H19N3O5S/c1-4-18-14(21)12-9-11(5-6-13(12)17-15(18)22)25(23,24)19(10(2)20)16(3)7-8-16/h5-6,9H,4,7-8H2,1-3H3,(H,17,22). The molecule has 0 aliphatic heterocycles. The Kier molecular flexibility index (Phi) is 3.86. The van der Waals surface area contributed by atoms with Crippen molar-refractivity contribution in [2.45, 2.75) is 50.6 Å². The summed E-state index contributed by atoms with van der Waals surface area (Å²) in [5.74, 6) is -0.562. The Hall–Kier alpha value is -2.42. The van der Waals surface area contributed by atoms with Gasteiger partial charge < -0.3 is 4.98 Å². The highest BCUT2D eigenvalue weighted by molar-refractivity contribution is 7.89. The van der Waals surface area contributed by atoms with Crippen molar-refractivity contribution in [2.24, 2.45) is 0 Å². The van der Waals surface area contributed by atoms with Gasteiger partial charge in [0, 0.05) is 13.5 Å². The van der Waals surface area contributed by atoms with Crippen molar-refractivity contribution in [3.8, 4) is 0 Å². The molecule has 0 saturated heterocycles. The van der Waals surface area contributed by atoms with E-state index in [9.17, 15) is 22.8 Å². The molecule has 0 unspecified atom stereocenters. The third kappa shape index (κ3) is 2.68. The molecular weight excluding hydrogens is 346 g/mol. The quantitative estimate of drug-likeness (QED) is 0.862. The smallest absolute Gasteiger partial charge is 0.307 e. The van der Waals surface area contributed by atoms with Gasteiger partial charge in [-0.25, -0.2) is 17.5 Å². The summed E-state index contributed by atoms with van der Waals surface area (Å²) < 4.78 is 27.8. The predicted molar refractivity (Wildman–Crippen MR) is 91.8 cm³/mol. The van der Waals surface area contributed by atoms with E-state index >= 15 is 0 Å². The number of hydrogen-bond donors (Lipinski definition) is 1. The maximum absolute atomic E-state index is 13.0. The third-order valence-corrected chi connectivity index (χ3v) is 6.59. The number of nitrogens with one attached hydrogen (secondary N) is 1. The minimum absolute atomic E-state index is 0.0898. The summed E-state index contributed by atoms with van der Waals surface area (Å²) in [7, 11) is -4.09. The van der Waals surface area contributed by atoms with E-state index in [4.69, 9.17) is 0 Å². The molecule has 0 spiro atoms. The lowest BCUT2D eigenvalue weighted by atomic mass is 10.2. The number of sulfonamides is 1. The second kappa shape index (κ2) is 5.55. The van der Waals surface area contributed by atoms with E-state index in [0.29, 0.717) is 12.8 Å². The van der Waals surface area contributed by atoms with Crippen molar-refractivity contribution in [3.05, 3.63) is 39.0 Å². The summed E-state index contributed by atoms with van der Waals surface area (Å²) in [4.78, 5) is 38.7. The van der Waals surface area contributed by atoms with Gasteiger partial charge in [-0.15, -0.1) is 0 Å². The van der Waals surface area contributed by atoms with Gasteiger partial charge in [-0.1, -0.05) is 0 Å². The number of amides is 1. The molecule has 0 atom stereocenters. The highest BCUT2D eigenvalue weighted by Crippen LogP contribution is 2.44. The molecular formula is C16H19N3O5S. The van der Waals surface area contributed by atoms with Crippen LogP contribution in [0, 0.1) is 0 Å². The maximum atomic E-state index is 13.0. The lowest BCUT2D eigenvalue weighted by molar-refractivity contribution is -0.125. The topological polar surface area (TPSA) is 109 Å². The molecule has 1 aromatic carbocycles. The molecule has 0 bridgehead atoms. The van der Waals surface area contributed by atoms with Crippen LogP contribution in [0.3, 0.4) is 0 Å². The van der Waals surface area contributed by atoms with Gasteiger partial charge in [0.05, 0.1) is 21.3 Å². The summed E-state index contributed by atoms with van der Waals surface area (Å²) >= 11 is 0. The minimum atomic E-state index is -4.09. The Morgan fingerprint density at radius 3 is 2.48 bits per heavy atom. The van der Waals surface area contributed by atoms with Gasteiger partial charge in [0.1, 0.15) is 0 Å². The molecule has 1 aromatic heterocycles. The average Bonchev–Trinajstić information content (AvgIpc) is 3.24. The summed E-state index contributed by atoms with van der Waals surface area (Å²) in [5.41, 5.74) is -1.57. The summed E-state index contributed by atoms with van der Waals surface area (Å²) in [6.45, 7) is 4.74. The molecule has 134 valence electrons. The first-order valence-electron chi connectivity index (χ1n) is 7.95. The first-order valence-corrected chi connectivity index (χ1v) is 9.39. The van der Waals surface area contributed by atoms with Gasteiger partial charge in [0.15, 0.2) is 0 Å². The summed E-state index contributed by atoms with van der Waals surface area (Å²) in [6, 6.07) is 3.89. The number of benzene rings is 1. The van der Waals surface area contributed by atoms with Crippen LogP contribution in [0.5, 0.6) is 0 Å². The van der Waals surface area contributed by atoms with E-state index in [1.54, 1.807) is 13.8 Å². The Morgan fingerprint density at radius 2 is 1.96 bits per heavy atom. The Morgan fingerprint density at radius 1 is 1.32 bits per heavy atom. The van der Waals surface area contributed by atoms with Gasteiger partial charge in [-0.3, -0.25) is 14.2 Å². The van der Waals surface area contributed by atoms with E-state index in [2.05, 4.69) is 4.98 Å². The zero-order valence-corrected chi connectivity index (χ0v) is 15.0. The molecule has 1 aliphatic carbocycles. The van der Waals surface area contributed by atoms with Crippen LogP contribution in [-0.4, -0.2) is 33.7 Å². The van der Waals surface area contributed by atoms with Crippen LogP contribution >= 0.6 is 0 Å². The molecule has 1 amide bonds. The second-order valence-corrected chi connectivity index (χ2v) is 8.26. The first kappa shape index (κ1) is 17.4. The van der Waals surface area contributed by atoms with E-state index < -0.39 is 32.7 Å². The zero-order valence-electron chi connectivity index (χ0n) is 14.2. The summed E-state index contributed by atoms with van der Waals surface area (Å²) in [6.07, 6.45) is 1.21. The molecule has 1 heterocycles. The number of carbonyl (C=O) groups excluding carboxylic acids is 1. The van der Waals surface area contributed by atoms with Crippen LogP contribution in [0.4, 0.5) is 0 Å². The molecule has 1 fully saturated rings. The molecule has 9 heteroatoms. The number of aromatic nitrogens is 2. The molecule has 2 aromatic rings. The SMILES string of the molecule is CCn1c(=O)[nH]c2ccc(S(=O)(=O)N(C(C)=O)C3(C)CC3)cc2c1=O. The van der Waals surface area contributed by atoms with Crippen LogP contribution in [-0.2, 0) is 21.4 Å². The predicted octanol–water partition coefficient (Wildman–Crippen LogP) is 0.799. The highest BCUT2D eigenvalue weighted by Gasteiger charge is 2.50. The van der Waals surface area contributed by atoms with E-state index in [1.165, 1.54) is 25.1 Å². The fourth-order valence-corrected chi connectivity index (χ4v) is 4.83. The van der Waals surface area contributed by atoms with Crippen LogP contribution in [0.25, 0.3) is 10.9 Å². The van der Waals surface area contributed by atoms with Crippen molar-refractivity contribution >= 4 is 26.8 Å². The fourth-order valence-electron chi connectivity index (χ4n) is 3.01. The summed E-state index contributed by atoms with van der Waals surface area (Å²) in [5, 5.41) is 0.0898. The monoisotopic (exact) mass is 365 g/mol. The van der Waals surface area contributed by atoms with Gasteiger partial charge in [-0.05, 0) is 44.9 Å². The number of nitrogens with zero attached hydrogens (tertiary/aromatic N) is 2. The second-order valence-electron chi connectivity index (χ2n) is 6.47. The van der Waals surface area contributed by atoms with Crippen LogP contribution < -0.4 is 11.2 Å². The Bertz CT molecular complexity index is 1090. The maximum Gasteiger partial charge on any atom is 0.328 e. The number of aromatic amines is 1. The van der Waals surface area contributed by atoms with Crippen molar-refractivity contribution in [2.75, 3.05) is 0 Å². The fraction of sp³-hybridized carbons (Fsp3) is 0.438. The number of carbonyl (C=O) groups is 1. The molecule has 1 N–H and O–H groups in total. The van der Waals surface area contributed by atoms with E-state index in [-0.39, 0.29) is 22.3 Å². The minimum Gasteiger partial charge on any atom is -0.307 e. The van der Waals surface area contributed by atoms with E-state index in [1.807, 2.05) is 0 Å². The van der Waals surface area contributed by atoms with E-state index in [0.717, 1.165) is 8.87 Å². The molecule has 0 radical (unpaired) electrons. The van der Waals surface area contributed by atoms with Crippen molar-refractivity contribution in [1.82, 2.24) is 13.9 Å². The van der Waals surface area contributed by atoms with Crippen molar-refractivity contribution < 1.29 is 13.2 Å². The Labute approximate surface area is 144 Å². The van der Waals surface area contributed by atoms with Crippen molar-refractivity contribution in [3.63, 3.8) is 0 Å². The lowest BCUT2D eigenvalue weighted by Gasteiger charge is -2.27. The zero-order chi connectivity index (χ0) is 18.6. The van der Waals surface area contributed by atoms with Crippen molar-refractivity contribution in [1.29, 1.82) is 0 Å². The van der Waals surface area contributed by atoms with Gasteiger partial charge in [0.2, 0.25) is 5.91 Å². The largest absolute Gasteiger partial charge is 0.328 e. The molecule has 1 aliphatic rings. The van der Waals surface area contributed by atoms with Crippen LogP contribution in [0.2, 0.25) is 0 Å². The third-order valence-electron chi connectivity index (χ3n) is 4.56. The van der Waals surface area contributed by atoms with Gasteiger partial charge in [0.25, 0.3) is 15.6 Å². The van der Waals surface area contributed by atoms with Gasteiger partial charge in [-0.2, -0.15) is 0 Å². The molecule has 3 rings (SSSR count). The number of hydrogen-bond acceptors (Lipinski definition) is 5. The number of H-pyrrole nitrogens is 1. The lowest BCUT2D eigenvalue weighted by Crippen LogP contribution is -2.43.